The Bertz CT molecular complexity index is 563. The Balaban J connectivity index is 1.66. The molecule has 4 nitrogen and oxygen atoms in total. The highest BCUT2D eigenvalue weighted by Gasteiger charge is 2.19. The lowest BCUT2D eigenvalue weighted by atomic mass is 10.2. The van der Waals surface area contributed by atoms with Crippen LogP contribution in [0.4, 0.5) is 10.8 Å². The number of hydrogen-bond acceptors (Lipinski definition) is 5. The number of rotatable bonds is 2. The van der Waals surface area contributed by atoms with E-state index in [4.69, 9.17) is 0 Å². The van der Waals surface area contributed by atoms with Crippen LogP contribution in [0.5, 0.6) is 0 Å². The van der Waals surface area contributed by atoms with Crippen molar-refractivity contribution in [3.05, 3.63) is 34.6 Å². The fourth-order valence-corrected chi connectivity index (χ4v) is 3.36. The second-order valence-corrected chi connectivity index (χ2v) is 6.22. The minimum Gasteiger partial charge on any atom is -0.368 e. The normalized spacial score (nSPS) is 15.9. The minimum atomic E-state index is 0.870. The van der Waals surface area contributed by atoms with Crippen LogP contribution < -0.4 is 9.80 Å². The van der Waals surface area contributed by atoms with Crippen LogP contribution in [-0.4, -0.2) is 35.5 Å². The van der Waals surface area contributed by atoms with Gasteiger partial charge in [0.1, 0.15) is 5.82 Å². The zero-order chi connectivity index (χ0) is 13.2. The molecule has 0 spiro atoms. The molecule has 100 valence electrons. The van der Waals surface area contributed by atoms with Gasteiger partial charge in [0.25, 0.3) is 0 Å². The van der Waals surface area contributed by atoms with Gasteiger partial charge in [0.2, 0.25) is 5.13 Å². The second-order valence-electron chi connectivity index (χ2n) is 4.58. The summed E-state index contributed by atoms with van der Waals surface area (Å²) < 4.78 is 5.38. The molecular formula is C13H15BrN4S. The Morgan fingerprint density at radius 2 is 1.89 bits per heavy atom. The average Bonchev–Trinajstić information content (AvgIpc) is 2.86. The van der Waals surface area contributed by atoms with Gasteiger partial charge in [-0.05, 0) is 25.1 Å². The third-order valence-electron chi connectivity index (χ3n) is 3.24. The molecule has 6 heteroatoms. The zero-order valence-corrected chi connectivity index (χ0v) is 13.1. The Morgan fingerprint density at radius 1 is 1.16 bits per heavy atom. The van der Waals surface area contributed by atoms with E-state index in [1.807, 2.05) is 6.92 Å². The molecule has 2 aromatic rings. The summed E-state index contributed by atoms with van der Waals surface area (Å²) in [4.78, 5) is 9.18. The summed E-state index contributed by atoms with van der Waals surface area (Å²) in [6, 6.07) is 8.48. The van der Waals surface area contributed by atoms with E-state index in [1.165, 1.54) is 17.2 Å². The number of nitrogens with zero attached hydrogens (tertiary/aromatic N) is 4. The molecule has 19 heavy (non-hydrogen) atoms. The lowest BCUT2D eigenvalue weighted by Gasteiger charge is -2.35. The lowest BCUT2D eigenvalue weighted by molar-refractivity contribution is 0.651. The van der Waals surface area contributed by atoms with Gasteiger partial charge in [-0.2, -0.15) is 4.37 Å². The molecule has 1 aromatic heterocycles. The molecule has 0 amide bonds. The van der Waals surface area contributed by atoms with Gasteiger partial charge >= 0.3 is 0 Å². The largest absolute Gasteiger partial charge is 0.368 e. The maximum absolute atomic E-state index is 4.45. The molecule has 0 atom stereocenters. The molecule has 0 bridgehead atoms. The maximum atomic E-state index is 4.45. The van der Waals surface area contributed by atoms with Crippen LogP contribution in [0.15, 0.2) is 28.7 Å². The number of aryl methyl sites for hydroxylation is 1. The predicted octanol–water partition coefficient (Wildman–Crippen LogP) is 2.94. The van der Waals surface area contributed by atoms with E-state index >= 15 is 0 Å². The number of halogens is 1. The summed E-state index contributed by atoms with van der Waals surface area (Å²) in [6.45, 7) is 5.99. The second kappa shape index (κ2) is 5.46. The summed E-state index contributed by atoms with van der Waals surface area (Å²) in [5.41, 5.74) is 1.28. The Kier molecular flexibility index (Phi) is 3.70. The first kappa shape index (κ1) is 12.9. The van der Waals surface area contributed by atoms with Crippen molar-refractivity contribution >= 4 is 38.3 Å². The molecule has 2 heterocycles. The van der Waals surface area contributed by atoms with Crippen molar-refractivity contribution in [3.8, 4) is 0 Å². The SMILES string of the molecule is Cc1nsc(N2CCN(c3cccc(Br)c3)CC2)n1. The Morgan fingerprint density at radius 3 is 2.53 bits per heavy atom. The van der Waals surface area contributed by atoms with Gasteiger partial charge in [0.15, 0.2) is 0 Å². The van der Waals surface area contributed by atoms with Gasteiger partial charge < -0.3 is 9.80 Å². The first-order valence-corrected chi connectivity index (χ1v) is 7.85. The summed E-state index contributed by atoms with van der Waals surface area (Å²) >= 11 is 5.02. The third kappa shape index (κ3) is 2.90. The van der Waals surface area contributed by atoms with E-state index in [1.54, 1.807) is 0 Å². The van der Waals surface area contributed by atoms with Gasteiger partial charge in [0, 0.05) is 47.9 Å². The molecule has 1 saturated heterocycles. The molecule has 1 aromatic carbocycles. The van der Waals surface area contributed by atoms with E-state index in [-0.39, 0.29) is 0 Å². The van der Waals surface area contributed by atoms with Crippen molar-refractivity contribution in [2.24, 2.45) is 0 Å². The van der Waals surface area contributed by atoms with E-state index in [0.29, 0.717) is 0 Å². The van der Waals surface area contributed by atoms with Gasteiger partial charge in [-0.3, -0.25) is 0 Å². The highest BCUT2D eigenvalue weighted by atomic mass is 79.9. The highest BCUT2D eigenvalue weighted by Crippen LogP contribution is 2.23. The van der Waals surface area contributed by atoms with E-state index in [9.17, 15) is 0 Å². The number of hydrogen-bond donors (Lipinski definition) is 0. The van der Waals surface area contributed by atoms with Crippen molar-refractivity contribution in [3.63, 3.8) is 0 Å². The molecule has 0 radical (unpaired) electrons. The molecular weight excluding hydrogens is 324 g/mol. The first-order chi connectivity index (χ1) is 9.22. The first-order valence-electron chi connectivity index (χ1n) is 6.28. The highest BCUT2D eigenvalue weighted by molar-refractivity contribution is 9.10. The fourth-order valence-electron chi connectivity index (χ4n) is 2.24. The van der Waals surface area contributed by atoms with Gasteiger partial charge in [-0.1, -0.05) is 22.0 Å². The molecule has 0 saturated carbocycles. The smallest absolute Gasteiger partial charge is 0.205 e. The van der Waals surface area contributed by atoms with E-state index in [0.717, 1.165) is 41.6 Å². The van der Waals surface area contributed by atoms with Crippen molar-refractivity contribution in [2.75, 3.05) is 36.0 Å². The molecule has 0 aliphatic carbocycles. The van der Waals surface area contributed by atoms with Crippen LogP contribution in [0.25, 0.3) is 0 Å². The van der Waals surface area contributed by atoms with E-state index in [2.05, 4.69) is 59.4 Å². The molecule has 1 aliphatic heterocycles. The summed E-state index contributed by atoms with van der Waals surface area (Å²) in [6.07, 6.45) is 0. The summed E-state index contributed by atoms with van der Waals surface area (Å²) in [5, 5.41) is 1.05. The maximum Gasteiger partial charge on any atom is 0.205 e. The Labute approximate surface area is 125 Å². The predicted molar refractivity (Wildman–Crippen MR) is 83.2 cm³/mol. The monoisotopic (exact) mass is 338 g/mol. The summed E-state index contributed by atoms with van der Waals surface area (Å²) in [7, 11) is 0. The van der Waals surface area contributed by atoms with Crippen LogP contribution >= 0.6 is 27.5 Å². The fraction of sp³-hybridized carbons (Fsp3) is 0.385. The minimum absolute atomic E-state index is 0.870. The number of piperazine rings is 1. The topological polar surface area (TPSA) is 32.3 Å². The molecule has 1 aliphatic rings. The molecule has 1 fully saturated rings. The van der Waals surface area contributed by atoms with Gasteiger partial charge in [0.05, 0.1) is 0 Å². The van der Waals surface area contributed by atoms with Crippen LogP contribution in [0.3, 0.4) is 0 Å². The molecule has 0 N–H and O–H groups in total. The number of benzene rings is 1. The van der Waals surface area contributed by atoms with Gasteiger partial charge in [-0.15, -0.1) is 0 Å². The summed E-state index contributed by atoms with van der Waals surface area (Å²) in [5.74, 6) is 0.870. The third-order valence-corrected chi connectivity index (χ3v) is 4.60. The molecule has 0 unspecified atom stereocenters. The van der Waals surface area contributed by atoms with Crippen LogP contribution in [0.1, 0.15) is 5.82 Å². The van der Waals surface area contributed by atoms with Crippen molar-refractivity contribution in [1.29, 1.82) is 0 Å². The van der Waals surface area contributed by atoms with Gasteiger partial charge in [-0.25, -0.2) is 4.98 Å². The van der Waals surface area contributed by atoms with Crippen molar-refractivity contribution in [2.45, 2.75) is 6.92 Å². The standard InChI is InChI=1S/C13H15BrN4S/c1-10-15-13(19-16-10)18-7-5-17(6-8-18)12-4-2-3-11(14)9-12/h2-4,9H,5-8H2,1H3. The van der Waals surface area contributed by atoms with Crippen molar-refractivity contribution < 1.29 is 0 Å². The quantitative estimate of drug-likeness (QED) is 0.842. The van der Waals surface area contributed by atoms with Crippen molar-refractivity contribution in [1.82, 2.24) is 9.36 Å². The average molecular weight is 339 g/mol. The van der Waals surface area contributed by atoms with E-state index < -0.39 is 0 Å². The number of aromatic nitrogens is 2. The molecule has 3 rings (SSSR count). The van der Waals surface area contributed by atoms with Crippen LogP contribution in [0, 0.1) is 6.92 Å². The number of anilines is 2. The Hall–Kier alpha value is -1.14. The van der Waals surface area contributed by atoms with Crippen LogP contribution in [-0.2, 0) is 0 Å². The van der Waals surface area contributed by atoms with Crippen LogP contribution in [0.2, 0.25) is 0 Å². The lowest BCUT2D eigenvalue weighted by Crippen LogP contribution is -2.46. The zero-order valence-electron chi connectivity index (χ0n) is 10.7.